The molecule has 0 aliphatic heterocycles. The van der Waals surface area contributed by atoms with Gasteiger partial charge in [0.2, 0.25) is 0 Å². The minimum absolute atomic E-state index is 0.346. The van der Waals surface area contributed by atoms with E-state index in [0.717, 1.165) is 5.71 Å². The van der Waals surface area contributed by atoms with Crippen LogP contribution in [0.3, 0.4) is 0 Å². The highest BCUT2D eigenvalue weighted by molar-refractivity contribution is 6.09. The van der Waals surface area contributed by atoms with Crippen LogP contribution in [0, 0.1) is 0 Å². The first kappa shape index (κ1) is 10.9. The van der Waals surface area contributed by atoms with Crippen LogP contribution >= 0.6 is 0 Å². The second-order valence-corrected chi connectivity index (χ2v) is 4.33. The fourth-order valence-corrected chi connectivity index (χ4v) is 2.00. The highest BCUT2D eigenvalue weighted by Gasteiger charge is 2.03. The lowest BCUT2D eigenvalue weighted by Gasteiger charge is -2.07. The Kier molecular flexibility index (Phi) is 3.04. The maximum absolute atomic E-state index is 4.61. The van der Waals surface area contributed by atoms with Gasteiger partial charge in [0.25, 0.3) is 0 Å². The van der Waals surface area contributed by atoms with Gasteiger partial charge in [0, 0.05) is 17.3 Å². The van der Waals surface area contributed by atoms with Gasteiger partial charge in [-0.3, -0.25) is 4.99 Å². The van der Waals surface area contributed by atoms with E-state index in [-0.39, 0.29) is 0 Å². The summed E-state index contributed by atoms with van der Waals surface area (Å²) in [6, 6.07) is 15.2. The molecule has 0 atom stereocenters. The van der Waals surface area contributed by atoms with E-state index >= 15 is 0 Å². The van der Waals surface area contributed by atoms with Gasteiger partial charge in [0.1, 0.15) is 0 Å². The van der Waals surface area contributed by atoms with Crippen molar-refractivity contribution in [3.8, 4) is 0 Å². The SMILES string of the molecule is CC(=NC(C)C)c1cccc2ccccc12. The number of rotatable bonds is 2. The predicted molar refractivity (Wildman–Crippen MR) is 71.3 cm³/mol. The van der Waals surface area contributed by atoms with Crippen LogP contribution in [-0.2, 0) is 0 Å². The molecule has 0 bridgehead atoms. The highest BCUT2D eigenvalue weighted by atomic mass is 14.8. The van der Waals surface area contributed by atoms with Crippen molar-refractivity contribution in [2.75, 3.05) is 0 Å². The van der Waals surface area contributed by atoms with Gasteiger partial charge in [-0.1, -0.05) is 42.5 Å². The number of hydrogen-bond acceptors (Lipinski definition) is 1. The number of nitrogens with zero attached hydrogens (tertiary/aromatic N) is 1. The van der Waals surface area contributed by atoms with Gasteiger partial charge in [-0.05, 0) is 31.5 Å². The first-order valence-electron chi connectivity index (χ1n) is 5.71. The Morgan fingerprint density at radius 1 is 1.00 bits per heavy atom. The van der Waals surface area contributed by atoms with Crippen molar-refractivity contribution in [3.05, 3.63) is 48.0 Å². The van der Waals surface area contributed by atoms with Crippen molar-refractivity contribution in [3.63, 3.8) is 0 Å². The molecule has 1 heteroatoms. The van der Waals surface area contributed by atoms with E-state index in [4.69, 9.17) is 0 Å². The molecule has 2 rings (SSSR count). The fourth-order valence-electron chi connectivity index (χ4n) is 2.00. The van der Waals surface area contributed by atoms with Gasteiger partial charge in [-0.25, -0.2) is 0 Å². The van der Waals surface area contributed by atoms with Crippen LogP contribution in [0.4, 0.5) is 0 Å². The summed E-state index contributed by atoms with van der Waals surface area (Å²) in [6.45, 7) is 6.30. The number of fused-ring (bicyclic) bond motifs is 1. The molecule has 0 N–H and O–H groups in total. The highest BCUT2D eigenvalue weighted by Crippen LogP contribution is 2.19. The molecule has 0 saturated carbocycles. The molecule has 2 aromatic carbocycles. The average molecular weight is 211 g/mol. The largest absolute Gasteiger partial charge is 0.287 e. The van der Waals surface area contributed by atoms with Gasteiger partial charge in [-0.2, -0.15) is 0 Å². The summed E-state index contributed by atoms with van der Waals surface area (Å²) in [7, 11) is 0. The van der Waals surface area contributed by atoms with Crippen LogP contribution in [0.25, 0.3) is 10.8 Å². The number of aliphatic imine (C=N–C) groups is 1. The van der Waals surface area contributed by atoms with Crippen molar-refractivity contribution >= 4 is 16.5 Å². The lowest BCUT2D eigenvalue weighted by Crippen LogP contribution is -2.00. The number of benzene rings is 2. The third-order valence-corrected chi connectivity index (χ3v) is 2.63. The van der Waals surface area contributed by atoms with E-state index in [0.29, 0.717) is 6.04 Å². The monoisotopic (exact) mass is 211 g/mol. The molecule has 0 saturated heterocycles. The maximum Gasteiger partial charge on any atom is 0.0446 e. The molecule has 0 unspecified atom stereocenters. The van der Waals surface area contributed by atoms with Crippen molar-refractivity contribution < 1.29 is 0 Å². The molecule has 0 spiro atoms. The lowest BCUT2D eigenvalue weighted by molar-refractivity contribution is 0.836. The summed E-state index contributed by atoms with van der Waals surface area (Å²) >= 11 is 0. The molecule has 82 valence electrons. The second kappa shape index (κ2) is 4.48. The molecule has 0 heterocycles. The van der Waals surface area contributed by atoms with Crippen molar-refractivity contribution in [2.24, 2.45) is 4.99 Å². The minimum atomic E-state index is 0.346. The Morgan fingerprint density at radius 3 is 2.44 bits per heavy atom. The fraction of sp³-hybridized carbons (Fsp3) is 0.267. The van der Waals surface area contributed by atoms with Crippen LogP contribution in [-0.4, -0.2) is 11.8 Å². The van der Waals surface area contributed by atoms with Gasteiger partial charge in [-0.15, -0.1) is 0 Å². The van der Waals surface area contributed by atoms with Crippen molar-refractivity contribution in [1.82, 2.24) is 0 Å². The summed E-state index contributed by atoms with van der Waals surface area (Å²) in [5, 5.41) is 2.56. The molecule has 16 heavy (non-hydrogen) atoms. The summed E-state index contributed by atoms with van der Waals surface area (Å²) in [5.74, 6) is 0. The van der Waals surface area contributed by atoms with Crippen molar-refractivity contribution in [1.29, 1.82) is 0 Å². The summed E-state index contributed by atoms with van der Waals surface area (Å²) in [6.07, 6.45) is 0. The molecule has 0 radical (unpaired) electrons. The lowest BCUT2D eigenvalue weighted by atomic mass is 10.0. The smallest absolute Gasteiger partial charge is 0.0446 e. The van der Waals surface area contributed by atoms with Gasteiger partial charge in [0.05, 0.1) is 0 Å². The van der Waals surface area contributed by atoms with Crippen LogP contribution in [0.1, 0.15) is 26.3 Å². The van der Waals surface area contributed by atoms with E-state index < -0.39 is 0 Å². The normalized spacial score (nSPS) is 12.4. The van der Waals surface area contributed by atoms with E-state index in [1.165, 1.54) is 16.3 Å². The van der Waals surface area contributed by atoms with Crippen LogP contribution < -0.4 is 0 Å². The molecule has 0 aliphatic rings. The van der Waals surface area contributed by atoms with Gasteiger partial charge in [0.15, 0.2) is 0 Å². The standard InChI is InChI=1S/C15H17N/c1-11(2)16-12(3)14-10-6-8-13-7-4-5-9-15(13)14/h4-11H,1-3H3. The summed E-state index contributed by atoms with van der Waals surface area (Å²) in [4.78, 5) is 4.61. The van der Waals surface area contributed by atoms with E-state index in [1.807, 2.05) is 0 Å². The van der Waals surface area contributed by atoms with E-state index in [9.17, 15) is 0 Å². The summed E-state index contributed by atoms with van der Waals surface area (Å²) < 4.78 is 0. The van der Waals surface area contributed by atoms with E-state index in [1.54, 1.807) is 0 Å². The van der Waals surface area contributed by atoms with E-state index in [2.05, 4.69) is 68.2 Å². The average Bonchev–Trinajstić information content (AvgIpc) is 2.27. The molecule has 0 aromatic heterocycles. The van der Waals surface area contributed by atoms with Gasteiger partial charge >= 0.3 is 0 Å². The quantitative estimate of drug-likeness (QED) is 0.664. The molecule has 0 fully saturated rings. The minimum Gasteiger partial charge on any atom is -0.287 e. The van der Waals surface area contributed by atoms with Gasteiger partial charge < -0.3 is 0 Å². The molecular formula is C15H17N. The Morgan fingerprint density at radius 2 is 1.69 bits per heavy atom. The Balaban J connectivity index is 2.61. The van der Waals surface area contributed by atoms with Crippen LogP contribution in [0.5, 0.6) is 0 Å². The Bertz CT molecular complexity index is 518. The second-order valence-electron chi connectivity index (χ2n) is 4.33. The van der Waals surface area contributed by atoms with Crippen LogP contribution in [0.15, 0.2) is 47.5 Å². The molecule has 0 amide bonds. The molecule has 2 aromatic rings. The summed E-state index contributed by atoms with van der Waals surface area (Å²) in [5.41, 5.74) is 2.36. The number of hydrogen-bond donors (Lipinski definition) is 0. The maximum atomic E-state index is 4.61. The van der Waals surface area contributed by atoms with Crippen LogP contribution in [0.2, 0.25) is 0 Å². The first-order chi connectivity index (χ1) is 7.68. The zero-order chi connectivity index (χ0) is 11.5. The predicted octanol–water partition coefficient (Wildman–Crippen LogP) is 4.06. The molecule has 0 aliphatic carbocycles. The topological polar surface area (TPSA) is 12.4 Å². The zero-order valence-electron chi connectivity index (χ0n) is 10.1. The Hall–Kier alpha value is -1.63. The third-order valence-electron chi connectivity index (χ3n) is 2.63. The first-order valence-corrected chi connectivity index (χ1v) is 5.71. The van der Waals surface area contributed by atoms with Crippen molar-refractivity contribution in [2.45, 2.75) is 26.8 Å². The third kappa shape index (κ3) is 2.13. The molecule has 1 nitrogen and oxygen atoms in total. The Labute approximate surface area is 96.8 Å². The zero-order valence-corrected chi connectivity index (χ0v) is 10.1. The molecular weight excluding hydrogens is 194 g/mol.